The van der Waals surface area contributed by atoms with Gasteiger partial charge in [0.1, 0.15) is 5.75 Å². The predicted octanol–water partition coefficient (Wildman–Crippen LogP) is 4.84. The number of benzene rings is 3. The fraction of sp³-hybridized carbons (Fsp3) is 0.333. The van der Waals surface area contributed by atoms with Crippen LogP contribution in [-0.2, 0) is 11.3 Å². The number of fused-ring (bicyclic) bond motifs is 3. The largest absolute Gasteiger partial charge is 0.415 e. The van der Waals surface area contributed by atoms with E-state index < -0.39 is 6.09 Å². The number of carbonyl (C=O) groups is 2. The first-order chi connectivity index (χ1) is 17.9. The number of hydrogen-bond acceptors (Lipinski definition) is 5. The second-order valence-corrected chi connectivity index (χ2v) is 9.58. The van der Waals surface area contributed by atoms with Crippen molar-refractivity contribution in [1.29, 1.82) is 0 Å². The molecule has 4 rings (SSSR count). The molecule has 37 heavy (non-hydrogen) atoms. The first-order valence-corrected chi connectivity index (χ1v) is 12.6. The third-order valence-electron chi connectivity index (χ3n) is 6.81. The van der Waals surface area contributed by atoms with E-state index in [4.69, 9.17) is 9.47 Å². The number of nitrogens with zero attached hydrogens (tertiary/aromatic N) is 2. The third kappa shape index (κ3) is 6.18. The molecule has 194 valence electrons. The number of ether oxygens (including phenoxy) is 2. The van der Waals surface area contributed by atoms with Crippen LogP contribution in [-0.4, -0.2) is 65.8 Å². The van der Waals surface area contributed by atoms with Crippen LogP contribution in [0.2, 0.25) is 0 Å². The van der Waals surface area contributed by atoms with E-state index in [1.807, 2.05) is 68.4 Å². The normalized spacial score (nSPS) is 18.7. The van der Waals surface area contributed by atoms with Gasteiger partial charge in [0.2, 0.25) is 0 Å². The van der Waals surface area contributed by atoms with Crippen LogP contribution in [0.3, 0.4) is 0 Å². The van der Waals surface area contributed by atoms with Gasteiger partial charge in [0, 0.05) is 25.1 Å². The third-order valence-corrected chi connectivity index (χ3v) is 6.81. The number of aliphatic hydroxyl groups is 1. The molecule has 0 saturated carbocycles. The van der Waals surface area contributed by atoms with Gasteiger partial charge in [0.25, 0.3) is 5.91 Å². The summed E-state index contributed by atoms with van der Waals surface area (Å²) in [6, 6.07) is 24.0. The van der Waals surface area contributed by atoms with Crippen LogP contribution in [0.4, 0.5) is 4.79 Å². The Morgan fingerprint density at radius 3 is 2.35 bits per heavy atom. The average molecular weight is 503 g/mol. The smallest absolute Gasteiger partial charge is 0.410 e. The molecule has 0 unspecified atom stereocenters. The van der Waals surface area contributed by atoms with E-state index in [0.29, 0.717) is 24.5 Å². The monoisotopic (exact) mass is 502 g/mol. The van der Waals surface area contributed by atoms with Crippen molar-refractivity contribution in [1.82, 2.24) is 9.80 Å². The van der Waals surface area contributed by atoms with Gasteiger partial charge < -0.3 is 24.4 Å². The Morgan fingerprint density at radius 1 is 1.03 bits per heavy atom. The number of rotatable bonds is 5. The molecule has 3 aromatic carbocycles. The average Bonchev–Trinajstić information content (AvgIpc) is 2.94. The van der Waals surface area contributed by atoms with E-state index in [1.165, 1.54) is 4.90 Å². The first-order valence-electron chi connectivity index (χ1n) is 12.6. The molecule has 7 heteroatoms. The van der Waals surface area contributed by atoms with Gasteiger partial charge in [-0.15, -0.1) is 0 Å². The van der Waals surface area contributed by atoms with Crippen LogP contribution in [0, 0.1) is 5.92 Å². The summed E-state index contributed by atoms with van der Waals surface area (Å²) in [4.78, 5) is 29.8. The Balaban J connectivity index is 1.66. The van der Waals surface area contributed by atoms with Crippen LogP contribution in [0.5, 0.6) is 5.75 Å². The van der Waals surface area contributed by atoms with Crippen LogP contribution < -0.4 is 4.74 Å². The fourth-order valence-corrected chi connectivity index (χ4v) is 4.56. The molecule has 0 spiro atoms. The van der Waals surface area contributed by atoms with Gasteiger partial charge in [0.15, 0.2) is 0 Å². The molecule has 0 saturated heterocycles. The Hall–Kier alpha value is -3.68. The molecule has 7 nitrogen and oxygen atoms in total. The lowest BCUT2D eigenvalue weighted by Gasteiger charge is -2.35. The number of carbonyl (C=O) groups excluding carboxylic acids is 2. The molecule has 0 bridgehead atoms. The van der Waals surface area contributed by atoms with E-state index in [2.05, 4.69) is 0 Å². The minimum atomic E-state index is -0.485. The summed E-state index contributed by atoms with van der Waals surface area (Å²) in [7, 11) is 1.68. The van der Waals surface area contributed by atoms with Crippen molar-refractivity contribution in [2.45, 2.75) is 32.6 Å². The van der Waals surface area contributed by atoms with Gasteiger partial charge in [-0.05, 0) is 41.8 Å². The maximum Gasteiger partial charge on any atom is 0.415 e. The molecular weight excluding hydrogens is 468 g/mol. The standard InChI is InChI=1S/C30H34N2O5/c1-21-17-32(22(2)19-33)29(34)27-16-10-9-15-26(27)25-14-8-7-11-23(25)20-36-28(21)18-31(3)30(35)37-24-12-5-4-6-13-24/h4-16,21-22,28,33H,17-20H2,1-3H3/t21-,22-,28+/m0/s1. The lowest BCUT2D eigenvalue weighted by atomic mass is 9.94. The van der Waals surface area contributed by atoms with Gasteiger partial charge in [-0.2, -0.15) is 0 Å². The number of aliphatic hydroxyl groups excluding tert-OH is 1. The van der Waals surface area contributed by atoms with Gasteiger partial charge in [-0.1, -0.05) is 67.6 Å². The van der Waals surface area contributed by atoms with Crippen molar-refractivity contribution in [3.8, 4) is 16.9 Å². The first kappa shape index (κ1) is 26.4. The van der Waals surface area contributed by atoms with Crippen molar-refractivity contribution in [2.75, 3.05) is 26.7 Å². The van der Waals surface area contributed by atoms with Gasteiger partial charge >= 0.3 is 6.09 Å². The van der Waals surface area contributed by atoms with Crippen LogP contribution in [0.15, 0.2) is 78.9 Å². The summed E-state index contributed by atoms with van der Waals surface area (Å²) >= 11 is 0. The lowest BCUT2D eigenvalue weighted by molar-refractivity contribution is -0.0205. The molecule has 3 atom stereocenters. The minimum Gasteiger partial charge on any atom is -0.410 e. The van der Waals surface area contributed by atoms with Crippen LogP contribution >= 0.6 is 0 Å². The highest BCUT2D eigenvalue weighted by atomic mass is 16.6. The number of hydrogen-bond donors (Lipinski definition) is 1. The van der Waals surface area contributed by atoms with Crippen molar-refractivity contribution >= 4 is 12.0 Å². The number of amides is 2. The molecule has 0 aromatic heterocycles. The topological polar surface area (TPSA) is 79.3 Å². The summed E-state index contributed by atoms with van der Waals surface area (Å²) in [5, 5.41) is 9.97. The Labute approximate surface area is 218 Å². The Morgan fingerprint density at radius 2 is 1.65 bits per heavy atom. The highest BCUT2D eigenvalue weighted by Gasteiger charge is 2.31. The molecular formula is C30H34N2O5. The van der Waals surface area contributed by atoms with Gasteiger partial charge in [-0.3, -0.25) is 4.79 Å². The second kappa shape index (κ2) is 12.0. The zero-order valence-electron chi connectivity index (χ0n) is 21.5. The van der Waals surface area contributed by atoms with Crippen LogP contribution in [0.25, 0.3) is 11.1 Å². The zero-order chi connectivity index (χ0) is 26.4. The quantitative estimate of drug-likeness (QED) is 0.540. The van der Waals surface area contributed by atoms with Crippen molar-refractivity contribution in [3.05, 3.63) is 90.0 Å². The Bertz CT molecular complexity index is 1220. The maximum atomic E-state index is 13.9. The summed E-state index contributed by atoms with van der Waals surface area (Å²) in [5.41, 5.74) is 3.30. The summed E-state index contributed by atoms with van der Waals surface area (Å²) in [6.07, 6.45) is -0.871. The summed E-state index contributed by atoms with van der Waals surface area (Å²) in [6.45, 7) is 4.63. The number of para-hydroxylation sites is 1. The molecule has 1 heterocycles. The molecule has 3 aromatic rings. The van der Waals surface area contributed by atoms with Crippen LogP contribution in [0.1, 0.15) is 29.8 Å². The Kier molecular flexibility index (Phi) is 8.58. The van der Waals surface area contributed by atoms with Crippen molar-refractivity contribution in [2.24, 2.45) is 5.92 Å². The molecule has 1 aliphatic rings. The van der Waals surface area contributed by atoms with E-state index in [1.54, 1.807) is 36.2 Å². The molecule has 0 radical (unpaired) electrons. The zero-order valence-corrected chi connectivity index (χ0v) is 21.5. The minimum absolute atomic E-state index is 0.137. The molecule has 2 amide bonds. The number of likely N-dealkylation sites (N-methyl/N-ethyl adjacent to an activating group) is 1. The van der Waals surface area contributed by atoms with E-state index in [0.717, 1.165) is 16.7 Å². The molecule has 1 N–H and O–H groups in total. The van der Waals surface area contributed by atoms with E-state index in [-0.39, 0.29) is 37.1 Å². The van der Waals surface area contributed by atoms with Crippen molar-refractivity contribution in [3.63, 3.8) is 0 Å². The maximum absolute atomic E-state index is 13.9. The predicted molar refractivity (Wildman–Crippen MR) is 142 cm³/mol. The fourth-order valence-electron chi connectivity index (χ4n) is 4.56. The van der Waals surface area contributed by atoms with Gasteiger partial charge in [-0.25, -0.2) is 4.79 Å². The SMILES string of the molecule is C[C@H]1CN([C@@H](C)CO)C(=O)c2ccccc2-c2ccccc2CO[C@@H]1CN(C)C(=O)Oc1ccccc1. The van der Waals surface area contributed by atoms with Crippen molar-refractivity contribution < 1.29 is 24.2 Å². The summed E-state index contributed by atoms with van der Waals surface area (Å²) < 4.78 is 11.9. The highest BCUT2D eigenvalue weighted by molar-refractivity contribution is 6.01. The summed E-state index contributed by atoms with van der Waals surface area (Å²) in [5.74, 6) is 0.189. The van der Waals surface area contributed by atoms with Gasteiger partial charge in [0.05, 0.1) is 31.9 Å². The second-order valence-electron chi connectivity index (χ2n) is 9.58. The molecule has 1 aliphatic heterocycles. The van der Waals surface area contributed by atoms with E-state index in [9.17, 15) is 14.7 Å². The molecule has 0 fully saturated rings. The highest BCUT2D eigenvalue weighted by Crippen LogP contribution is 2.31. The lowest BCUT2D eigenvalue weighted by Crippen LogP contribution is -2.47. The molecule has 0 aliphatic carbocycles. The van der Waals surface area contributed by atoms with E-state index >= 15 is 0 Å².